The number of primary amides is 1. The van der Waals surface area contributed by atoms with Crippen molar-refractivity contribution in [2.75, 3.05) is 0 Å². The summed E-state index contributed by atoms with van der Waals surface area (Å²) in [5.74, 6) is 0.988. The molecule has 76 valence electrons. The Morgan fingerprint density at radius 1 is 1.54 bits per heavy atom. The molecule has 2 nitrogen and oxygen atoms in total. The molecule has 1 aliphatic rings. The average Bonchev–Trinajstić information content (AvgIpc) is 1.96. The normalized spacial score (nSPS) is 32.8. The van der Waals surface area contributed by atoms with Gasteiger partial charge >= 0.3 is 0 Å². The van der Waals surface area contributed by atoms with Crippen LogP contribution in [0.4, 0.5) is 0 Å². The first-order valence-electron chi connectivity index (χ1n) is 5.22. The van der Waals surface area contributed by atoms with E-state index in [1.165, 1.54) is 19.3 Å². The zero-order valence-corrected chi connectivity index (χ0v) is 8.97. The molecule has 0 radical (unpaired) electrons. The number of hydrogen-bond donors (Lipinski definition) is 1. The maximum atomic E-state index is 10.9. The van der Waals surface area contributed by atoms with Gasteiger partial charge in [-0.25, -0.2) is 0 Å². The van der Waals surface area contributed by atoms with E-state index in [1.807, 2.05) is 0 Å². The van der Waals surface area contributed by atoms with Crippen molar-refractivity contribution >= 4 is 5.91 Å². The molecular formula is C11H21NO. The lowest BCUT2D eigenvalue weighted by molar-refractivity contribution is -0.121. The highest BCUT2D eigenvalue weighted by atomic mass is 16.1. The summed E-state index contributed by atoms with van der Waals surface area (Å²) in [5.41, 5.74) is 5.57. The second-order valence-corrected chi connectivity index (χ2v) is 5.14. The molecule has 0 aromatic heterocycles. The first kappa shape index (κ1) is 10.6. The molecule has 2 N–H and O–H groups in total. The number of carbonyl (C=O) groups excluding carboxylic acids is 1. The van der Waals surface area contributed by atoms with E-state index in [9.17, 15) is 4.79 Å². The lowest BCUT2D eigenvalue weighted by atomic mass is 9.63. The molecule has 0 bridgehead atoms. The van der Waals surface area contributed by atoms with Crippen LogP contribution in [-0.2, 0) is 4.79 Å². The van der Waals surface area contributed by atoms with Crippen LogP contribution in [0.25, 0.3) is 0 Å². The summed E-state index contributed by atoms with van der Waals surface area (Å²) < 4.78 is 0. The molecule has 1 saturated carbocycles. The van der Waals surface area contributed by atoms with Crippen LogP contribution in [0.2, 0.25) is 0 Å². The maximum absolute atomic E-state index is 10.9. The fourth-order valence-electron chi connectivity index (χ4n) is 2.73. The minimum absolute atomic E-state index is 0.146. The monoisotopic (exact) mass is 183 g/mol. The second-order valence-electron chi connectivity index (χ2n) is 5.14. The molecule has 0 aromatic carbocycles. The molecule has 2 atom stereocenters. The number of carbonyl (C=O) groups is 1. The summed E-state index contributed by atoms with van der Waals surface area (Å²) in [5, 5.41) is 0. The largest absolute Gasteiger partial charge is 0.370 e. The van der Waals surface area contributed by atoms with E-state index in [0.29, 0.717) is 23.7 Å². The van der Waals surface area contributed by atoms with Crippen LogP contribution < -0.4 is 5.73 Å². The van der Waals surface area contributed by atoms with Gasteiger partial charge in [-0.15, -0.1) is 0 Å². The van der Waals surface area contributed by atoms with Crippen LogP contribution in [-0.4, -0.2) is 5.91 Å². The van der Waals surface area contributed by atoms with E-state index in [2.05, 4.69) is 20.8 Å². The predicted octanol–water partition coefficient (Wildman–Crippen LogP) is 2.32. The molecule has 13 heavy (non-hydrogen) atoms. The van der Waals surface area contributed by atoms with Crippen LogP contribution >= 0.6 is 0 Å². The van der Waals surface area contributed by atoms with Crippen LogP contribution in [0.5, 0.6) is 0 Å². The van der Waals surface area contributed by atoms with Gasteiger partial charge in [0.1, 0.15) is 0 Å². The number of rotatable bonds is 2. The third kappa shape index (κ3) is 2.45. The van der Waals surface area contributed by atoms with Crippen molar-refractivity contribution < 1.29 is 4.79 Å². The molecule has 1 amide bonds. The van der Waals surface area contributed by atoms with E-state index in [1.54, 1.807) is 0 Å². The lowest BCUT2D eigenvalue weighted by Gasteiger charge is -2.42. The van der Waals surface area contributed by atoms with E-state index >= 15 is 0 Å². The van der Waals surface area contributed by atoms with Gasteiger partial charge < -0.3 is 5.73 Å². The molecular weight excluding hydrogens is 162 g/mol. The van der Waals surface area contributed by atoms with E-state index in [-0.39, 0.29) is 5.91 Å². The van der Waals surface area contributed by atoms with Crippen LogP contribution in [0, 0.1) is 17.3 Å². The first-order chi connectivity index (χ1) is 5.93. The van der Waals surface area contributed by atoms with Crippen molar-refractivity contribution in [3.05, 3.63) is 0 Å². The Bertz CT molecular complexity index is 198. The van der Waals surface area contributed by atoms with Gasteiger partial charge in [-0.1, -0.05) is 33.6 Å². The third-order valence-electron chi connectivity index (χ3n) is 3.59. The lowest BCUT2D eigenvalue weighted by Crippen LogP contribution is -2.36. The zero-order chi connectivity index (χ0) is 10.1. The third-order valence-corrected chi connectivity index (χ3v) is 3.59. The molecule has 0 aliphatic heterocycles. The summed E-state index contributed by atoms with van der Waals surface area (Å²) in [6, 6.07) is 0. The van der Waals surface area contributed by atoms with Gasteiger partial charge in [-0.2, -0.15) is 0 Å². The van der Waals surface area contributed by atoms with Gasteiger partial charge in [0.25, 0.3) is 0 Å². The van der Waals surface area contributed by atoms with Gasteiger partial charge in [-0.05, 0) is 23.7 Å². The molecule has 1 fully saturated rings. The average molecular weight is 183 g/mol. The molecule has 2 heteroatoms. The van der Waals surface area contributed by atoms with Crippen molar-refractivity contribution in [3.63, 3.8) is 0 Å². The van der Waals surface area contributed by atoms with E-state index < -0.39 is 0 Å². The van der Waals surface area contributed by atoms with Gasteiger partial charge in [0.15, 0.2) is 0 Å². The number of amides is 1. The SMILES string of the molecule is CC1CCCC(C)(C)C1CC(N)=O. The Morgan fingerprint density at radius 2 is 2.15 bits per heavy atom. The second kappa shape index (κ2) is 3.69. The molecule has 0 spiro atoms. The van der Waals surface area contributed by atoms with Gasteiger partial charge in [0.05, 0.1) is 0 Å². The van der Waals surface area contributed by atoms with E-state index in [4.69, 9.17) is 5.73 Å². The molecule has 0 heterocycles. The fourth-order valence-corrected chi connectivity index (χ4v) is 2.73. The summed E-state index contributed by atoms with van der Waals surface area (Å²) in [7, 11) is 0. The Balaban J connectivity index is 2.68. The predicted molar refractivity (Wildman–Crippen MR) is 54.1 cm³/mol. The Hall–Kier alpha value is -0.530. The highest BCUT2D eigenvalue weighted by Crippen LogP contribution is 2.45. The van der Waals surface area contributed by atoms with Crippen molar-refractivity contribution in [2.45, 2.75) is 46.5 Å². The molecule has 1 aliphatic carbocycles. The van der Waals surface area contributed by atoms with Crippen LogP contribution in [0.1, 0.15) is 46.5 Å². The molecule has 0 saturated heterocycles. The summed E-state index contributed by atoms with van der Waals surface area (Å²) >= 11 is 0. The van der Waals surface area contributed by atoms with Gasteiger partial charge in [0, 0.05) is 6.42 Å². The van der Waals surface area contributed by atoms with Crippen molar-refractivity contribution in [3.8, 4) is 0 Å². The highest BCUT2D eigenvalue weighted by Gasteiger charge is 2.37. The fraction of sp³-hybridized carbons (Fsp3) is 0.909. The van der Waals surface area contributed by atoms with Crippen molar-refractivity contribution in [2.24, 2.45) is 23.0 Å². The zero-order valence-electron chi connectivity index (χ0n) is 8.97. The van der Waals surface area contributed by atoms with Gasteiger partial charge in [-0.3, -0.25) is 4.79 Å². The van der Waals surface area contributed by atoms with Crippen LogP contribution in [0.15, 0.2) is 0 Å². The number of hydrogen-bond acceptors (Lipinski definition) is 1. The Labute approximate surface area is 80.9 Å². The number of nitrogens with two attached hydrogens (primary N) is 1. The molecule has 2 unspecified atom stereocenters. The quantitative estimate of drug-likeness (QED) is 0.701. The Kier molecular flexibility index (Phi) is 2.99. The highest BCUT2D eigenvalue weighted by molar-refractivity contribution is 5.74. The van der Waals surface area contributed by atoms with Crippen molar-refractivity contribution in [1.29, 1.82) is 0 Å². The minimum atomic E-state index is -0.146. The summed E-state index contributed by atoms with van der Waals surface area (Å²) in [6.07, 6.45) is 4.34. The van der Waals surface area contributed by atoms with Gasteiger partial charge in [0.2, 0.25) is 5.91 Å². The first-order valence-corrected chi connectivity index (χ1v) is 5.22. The topological polar surface area (TPSA) is 43.1 Å². The minimum Gasteiger partial charge on any atom is -0.370 e. The van der Waals surface area contributed by atoms with E-state index in [0.717, 1.165) is 0 Å². The standard InChI is InChI=1S/C11H21NO/c1-8-5-4-6-11(2,3)9(8)7-10(12)13/h8-9H,4-7H2,1-3H3,(H2,12,13). The Morgan fingerprint density at radius 3 is 2.62 bits per heavy atom. The van der Waals surface area contributed by atoms with Crippen LogP contribution in [0.3, 0.4) is 0 Å². The molecule has 0 aromatic rings. The maximum Gasteiger partial charge on any atom is 0.217 e. The smallest absolute Gasteiger partial charge is 0.217 e. The molecule has 1 rings (SSSR count). The summed E-state index contributed by atoms with van der Waals surface area (Å²) in [4.78, 5) is 10.9. The van der Waals surface area contributed by atoms with Crippen molar-refractivity contribution in [1.82, 2.24) is 0 Å². The summed E-state index contributed by atoms with van der Waals surface area (Å²) in [6.45, 7) is 6.76.